The number of aromatic nitrogens is 1. The van der Waals surface area contributed by atoms with Crippen LogP contribution in [-0.2, 0) is 0 Å². The standard InChI is InChI=1S/C13H23N3O/c1-11(14)12-7-6-8-15-13(12)16(2)9-4-3-5-10-17/h6-8,11,17H,3-5,9-10,14H2,1-2H3. The molecule has 1 unspecified atom stereocenters. The monoisotopic (exact) mass is 237 g/mol. The molecule has 1 atom stereocenters. The fourth-order valence-electron chi connectivity index (χ4n) is 1.83. The van der Waals surface area contributed by atoms with Gasteiger partial charge in [-0.1, -0.05) is 6.07 Å². The van der Waals surface area contributed by atoms with E-state index in [4.69, 9.17) is 10.8 Å². The first-order valence-electron chi connectivity index (χ1n) is 6.19. The summed E-state index contributed by atoms with van der Waals surface area (Å²) < 4.78 is 0. The lowest BCUT2D eigenvalue weighted by molar-refractivity contribution is 0.283. The number of nitrogens with two attached hydrogens (primary N) is 1. The summed E-state index contributed by atoms with van der Waals surface area (Å²) in [4.78, 5) is 6.53. The van der Waals surface area contributed by atoms with Gasteiger partial charge in [-0.2, -0.15) is 0 Å². The molecule has 4 heteroatoms. The van der Waals surface area contributed by atoms with Gasteiger partial charge in [0.2, 0.25) is 0 Å². The number of anilines is 1. The summed E-state index contributed by atoms with van der Waals surface area (Å²) in [7, 11) is 2.03. The van der Waals surface area contributed by atoms with Crippen molar-refractivity contribution in [1.29, 1.82) is 0 Å². The highest BCUT2D eigenvalue weighted by atomic mass is 16.2. The van der Waals surface area contributed by atoms with E-state index in [1.807, 2.05) is 26.1 Å². The van der Waals surface area contributed by atoms with E-state index in [0.717, 1.165) is 37.2 Å². The average molecular weight is 237 g/mol. The second-order valence-corrected chi connectivity index (χ2v) is 4.41. The van der Waals surface area contributed by atoms with E-state index in [9.17, 15) is 0 Å². The van der Waals surface area contributed by atoms with Gasteiger partial charge in [0.15, 0.2) is 0 Å². The number of pyridine rings is 1. The van der Waals surface area contributed by atoms with E-state index in [-0.39, 0.29) is 12.6 Å². The minimum absolute atomic E-state index is 0.00130. The Hall–Kier alpha value is -1.13. The second-order valence-electron chi connectivity index (χ2n) is 4.41. The number of aliphatic hydroxyl groups is 1. The van der Waals surface area contributed by atoms with Crippen molar-refractivity contribution in [1.82, 2.24) is 4.98 Å². The van der Waals surface area contributed by atoms with Crippen molar-refractivity contribution >= 4 is 5.82 Å². The molecule has 0 saturated heterocycles. The van der Waals surface area contributed by atoms with Gasteiger partial charge < -0.3 is 15.7 Å². The van der Waals surface area contributed by atoms with E-state index in [1.54, 1.807) is 6.20 Å². The van der Waals surface area contributed by atoms with Gasteiger partial charge in [-0.15, -0.1) is 0 Å². The Labute approximate surface area is 103 Å². The summed E-state index contributed by atoms with van der Waals surface area (Å²) in [6, 6.07) is 3.94. The third-order valence-corrected chi connectivity index (χ3v) is 2.82. The van der Waals surface area contributed by atoms with E-state index < -0.39 is 0 Å². The van der Waals surface area contributed by atoms with Crippen LogP contribution < -0.4 is 10.6 Å². The van der Waals surface area contributed by atoms with Crippen LogP contribution in [0.3, 0.4) is 0 Å². The number of hydrogen-bond donors (Lipinski definition) is 2. The lowest BCUT2D eigenvalue weighted by atomic mass is 10.1. The van der Waals surface area contributed by atoms with Gasteiger partial charge in [0, 0.05) is 38.0 Å². The van der Waals surface area contributed by atoms with Gasteiger partial charge in [-0.05, 0) is 32.3 Å². The summed E-state index contributed by atoms with van der Waals surface area (Å²) in [6.07, 6.45) is 4.77. The highest BCUT2D eigenvalue weighted by molar-refractivity contribution is 5.47. The summed E-state index contributed by atoms with van der Waals surface area (Å²) in [5.41, 5.74) is 7.01. The zero-order valence-electron chi connectivity index (χ0n) is 10.8. The molecule has 1 aromatic heterocycles. The summed E-state index contributed by atoms with van der Waals surface area (Å²) in [6.45, 7) is 3.19. The quantitative estimate of drug-likeness (QED) is 0.709. The van der Waals surface area contributed by atoms with Crippen LogP contribution in [0.15, 0.2) is 18.3 Å². The molecule has 4 nitrogen and oxygen atoms in total. The van der Waals surface area contributed by atoms with Gasteiger partial charge in [0.25, 0.3) is 0 Å². The van der Waals surface area contributed by atoms with Gasteiger partial charge in [-0.3, -0.25) is 0 Å². The molecule has 3 N–H and O–H groups in total. The molecule has 0 aliphatic heterocycles. The fourth-order valence-corrected chi connectivity index (χ4v) is 1.83. The first-order chi connectivity index (χ1) is 8.16. The zero-order valence-corrected chi connectivity index (χ0v) is 10.8. The van der Waals surface area contributed by atoms with Crippen LogP contribution in [-0.4, -0.2) is 30.3 Å². The molecule has 1 aromatic rings. The Morgan fingerprint density at radius 2 is 2.18 bits per heavy atom. The van der Waals surface area contributed by atoms with E-state index in [1.165, 1.54) is 0 Å². The third kappa shape index (κ3) is 4.32. The summed E-state index contributed by atoms with van der Waals surface area (Å²) in [5, 5.41) is 8.72. The molecular weight excluding hydrogens is 214 g/mol. The summed E-state index contributed by atoms with van der Waals surface area (Å²) >= 11 is 0. The van der Waals surface area contributed by atoms with Gasteiger partial charge in [0.1, 0.15) is 5.82 Å². The molecule has 0 aromatic carbocycles. The number of hydrogen-bond acceptors (Lipinski definition) is 4. The lowest BCUT2D eigenvalue weighted by Gasteiger charge is -2.22. The molecule has 1 rings (SSSR count). The molecule has 0 aliphatic carbocycles. The second kappa shape index (κ2) is 7.25. The van der Waals surface area contributed by atoms with Crippen LogP contribution >= 0.6 is 0 Å². The number of unbranched alkanes of at least 4 members (excludes halogenated alkanes) is 2. The van der Waals surface area contributed by atoms with Crippen molar-refractivity contribution in [3.05, 3.63) is 23.9 Å². The molecule has 17 heavy (non-hydrogen) atoms. The van der Waals surface area contributed by atoms with E-state index >= 15 is 0 Å². The Morgan fingerprint density at radius 1 is 1.41 bits per heavy atom. The molecule has 0 spiro atoms. The van der Waals surface area contributed by atoms with Gasteiger partial charge in [0.05, 0.1) is 0 Å². The molecule has 0 saturated carbocycles. The molecule has 0 aliphatic rings. The van der Waals surface area contributed by atoms with Gasteiger partial charge in [-0.25, -0.2) is 4.98 Å². The molecule has 0 bridgehead atoms. The van der Waals surface area contributed by atoms with Crippen LogP contribution in [0, 0.1) is 0 Å². The van der Waals surface area contributed by atoms with E-state index in [2.05, 4.69) is 9.88 Å². The molecule has 96 valence electrons. The molecule has 1 heterocycles. The third-order valence-electron chi connectivity index (χ3n) is 2.82. The maximum absolute atomic E-state index is 8.72. The van der Waals surface area contributed by atoms with Crippen molar-refractivity contribution in [2.45, 2.75) is 32.2 Å². The van der Waals surface area contributed by atoms with Crippen molar-refractivity contribution in [3.63, 3.8) is 0 Å². The first kappa shape index (κ1) is 13.9. The number of nitrogens with zero attached hydrogens (tertiary/aromatic N) is 2. The zero-order chi connectivity index (χ0) is 12.7. The van der Waals surface area contributed by atoms with E-state index in [0.29, 0.717) is 0 Å². The van der Waals surface area contributed by atoms with Crippen LogP contribution in [0.1, 0.15) is 37.8 Å². The fraction of sp³-hybridized carbons (Fsp3) is 0.615. The highest BCUT2D eigenvalue weighted by Gasteiger charge is 2.10. The van der Waals surface area contributed by atoms with Crippen molar-refractivity contribution < 1.29 is 5.11 Å². The smallest absolute Gasteiger partial charge is 0.133 e. The van der Waals surface area contributed by atoms with Crippen LogP contribution in [0.5, 0.6) is 0 Å². The highest BCUT2D eigenvalue weighted by Crippen LogP contribution is 2.21. The Balaban J connectivity index is 2.58. The lowest BCUT2D eigenvalue weighted by Crippen LogP contribution is -2.23. The first-order valence-corrected chi connectivity index (χ1v) is 6.19. The Morgan fingerprint density at radius 3 is 2.82 bits per heavy atom. The molecule has 0 amide bonds. The predicted octanol–water partition coefficient (Wildman–Crippen LogP) is 1.70. The molecular formula is C13H23N3O. The van der Waals surface area contributed by atoms with Gasteiger partial charge >= 0.3 is 0 Å². The summed E-state index contributed by atoms with van der Waals surface area (Å²) in [5.74, 6) is 0.964. The van der Waals surface area contributed by atoms with Crippen molar-refractivity contribution in [3.8, 4) is 0 Å². The minimum atomic E-state index is -0.00130. The topological polar surface area (TPSA) is 62.4 Å². The Bertz CT molecular complexity index is 328. The van der Waals surface area contributed by atoms with Crippen LogP contribution in [0.2, 0.25) is 0 Å². The normalized spacial score (nSPS) is 12.5. The maximum atomic E-state index is 8.72. The minimum Gasteiger partial charge on any atom is -0.396 e. The molecule has 0 fully saturated rings. The van der Waals surface area contributed by atoms with Crippen molar-refractivity contribution in [2.24, 2.45) is 5.73 Å². The SMILES string of the molecule is CC(N)c1cccnc1N(C)CCCCCO. The number of rotatable bonds is 7. The number of aliphatic hydroxyl groups excluding tert-OH is 1. The van der Waals surface area contributed by atoms with Crippen LogP contribution in [0.4, 0.5) is 5.82 Å². The average Bonchev–Trinajstić information content (AvgIpc) is 2.34. The van der Waals surface area contributed by atoms with Crippen molar-refractivity contribution in [2.75, 3.05) is 25.1 Å². The predicted molar refractivity (Wildman–Crippen MR) is 71.0 cm³/mol. The molecule has 0 radical (unpaired) electrons. The Kier molecular flexibility index (Phi) is 5.94. The maximum Gasteiger partial charge on any atom is 0.133 e. The largest absolute Gasteiger partial charge is 0.396 e. The van der Waals surface area contributed by atoms with Crippen LogP contribution in [0.25, 0.3) is 0 Å².